The lowest BCUT2D eigenvalue weighted by molar-refractivity contribution is -0.133. The number of ether oxygens (including phenoxy) is 1. The highest BCUT2D eigenvalue weighted by Crippen LogP contribution is 2.29. The molecule has 31 heavy (non-hydrogen) atoms. The molecule has 2 amide bonds. The Morgan fingerprint density at radius 1 is 1.00 bits per heavy atom. The lowest BCUT2D eigenvalue weighted by Crippen LogP contribution is -2.34. The Hall–Kier alpha value is -3.93. The van der Waals surface area contributed by atoms with Gasteiger partial charge in [-0.25, -0.2) is 5.43 Å². The van der Waals surface area contributed by atoms with E-state index >= 15 is 0 Å². The van der Waals surface area contributed by atoms with Crippen molar-refractivity contribution < 1.29 is 14.3 Å². The molecule has 0 bridgehead atoms. The van der Waals surface area contributed by atoms with Crippen LogP contribution in [0.15, 0.2) is 90.0 Å². The number of carbonyl (C=O) groups excluding carboxylic acids is 2. The standard InChI is InChI=1S/C25H23N3O3/c29-24-23(22(16-26-24)20-9-5-2-6-10-20)25(30)28-27-15-18-11-13-21(14-12-18)31-17-19-7-3-1-4-8-19/h1-15,22-23H,16-17H2,(H,26,29)(H,28,30). The van der Waals surface area contributed by atoms with Gasteiger partial charge in [0.1, 0.15) is 18.3 Å². The number of hydrazone groups is 1. The molecule has 2 atom stereocenters. The van der Waals surface area contributed by atoms with Crippen LogP contribution in [-0.4, -0.2) is 24.6 Å². The molecule has 1 saturated heterocycles. The van der Waals surface area contributed by atoms with Crippen molar-refractivity contribution in [3.05, 3.63) is 102 Å². The van der Waals surface area contributed by atoms with Crippen LogP contribution in [0.2, 0.25) is 0 Å². The molecule has 156 valence electrons. The van der Waals surface area contributed by atoms with Crippen LogP contribution in [0.1, 0.15) is 22.6 Å². The molecule has 1 aliphatic rings. The summed E-state index contributed by atoms with van der Waals surface area (Å²) in [5.74, 6) is -0.944. The number of carbonyl (C=O) groups is 2. The average molecular weight is 413 g/mol. The highest BCUT2D eigenvalue weighted by Gasteiger charge is 2.40. The summed E-state index contributed by atoms with van der Waals surface area (Å²) in [6, 6.07) is 26.9. The monoisotopic (exact) mass is 413 g/mol. The third-order valence-corrected chi connectivity index (χ3v) is 5.21. The molecule has 0 aliphatic carbocycles. The smallest absolute Gasteiger partial charge is 0.253 e. The van der Waals surface area contributed by atoms with Crippen LogP contribution in [0.25, 0.3) is 0 Å². The van der Waals surface area contributed by atoms with Crippen molar-refractivity contribution in [2.45, 2.75) is 12.5 Å². The average Bonchev–Trinajstić information content (AvgIpc) is 3.21. The minimum Gasteiger partial charge on any atom is -0.489 e. The van der Waals surface area contributed by atoms with Crippen LogP contribution in [0.4, 0.5) is 0 Å². The molecule has 0 spiro atoms. The molecule has 3 aromatic carbocycles. The SMILES string of the molecule is O=C1NCC(c2ccccc2)C1C(=O)NN=Cc1ccc(OCc2ccccc2)cc1. The lowest BCUT2D eigenvalue weighted by atomic mass is 9.88. The Morgan fingerprint density at radius 3 is 2.39 bits per heavy atom. The van der Waals surface area contributed by atoms with Gasteiger partial charge in [-0.05, 0) is 41.0 Å². The summed E-state index contributed by atoms with van der Waals surface area (Å²) in [5.41, 5.74) is 5.36. The molecular formula is C25H23N3O3. The molecule has 2 N–H and O–H groups in total. The molecule has 0 saturated carbocycles. The summed E-state index contributed by atoms with van der Waals surface area (Å²) in [6.07, 6.45) is 1.54. The first kappa shape index (κ1) is 20.3. The van der Waals surface area contributed by atoms with Crippen molar-refractivity contribution in [1.29, 1.82) is 0 Å². The van der Waals surface area contributed by atoms with Gasteiger partial charge in [-0.15, -0.1) is 0 Å². The molecule has 1 heterocycles. The van der Waals surface area contributed by atoms with E-state index in [0.29, 0.717) is 13.2 Å². The number of amides is 2. The van der Waals surface area contributed by atoms with Crippen molar-refractivity contribution in [3.63, 3.8) is 0 Å². The predicted molar refractivity (Wildman–Crippen MR) is 119 cm³/mol. The number of nitrogens with one attached hydrogen (secondary N) is 2. The van der Waals surface area contributed by atoms with E-state index in [1.165, 1.54) is 0 Å². The molecule has 6 heteroatoms. The summed E-state index contributed by atoms with van der Waals surface area (Å²) >= 11 is 0. The van der Waals surface area contributed by atoms with E-state index in [-0.39, 0.29) is 11.8 Å². The van der Waals surface area contributed by atoms with Gasteiger partial charge in [-0.1, -0.05) is 60.7 Å². The zero-order chi connectivity index (χ0) is 21.5. The van der Waals surface area contributed by atoms with Crippen LogP contribution in [0.3, 0.4) is 0 Å². The first-order valence-electron chi connectivity index (χ1n) is 10.1. The second-order valence-corrected chi connectivity index (χ2v) is 7.32. The second-order valence-electron chi connectivity index (χ2n) is 7.32. The Kier molecular flexibility index (Phi) is 6.38. The van der Waals surface area contributed by atoms with Crippen LogP contribution >= 0.6 is 0 Å². The van der Waals surface area contributed by atoms with Gasteiger partial charge in [-0.3, -0.25) is 9.59 Å². The van der Waals surface area contributed by atoms with E-state index in [0.717, 1.165) is 22.4 Å². The zero-order valence-electron chi connectivity index (χ0n) is 16.9. The van der Waals surface area contributed by atoms with Crippen LogP contribution < -0.4 is 15.5 Å². The summed E-state index contributed by atoms with van der Waals surface area (Å²) in [4.78, 5) is 24.8. The molecule has 0 aromatic heterocycles. The second kappa shape index (κ2) is 9.71. The first-order chi connectivity index (χ1) is 15.2. The van der Waals surface area contributed by atoms with E-state index in [1.54, 1.807) is 6.21 Å². The van der Waals surface area contributed by atoms with Crippen molar-refractivity contribution in [2.24, 2.45) is 11.0 Å². The Balaban J connectivity index is 1.32. The van der Waals surface area contributed by atoms with Gasteiger partial charge in [0.25, 0.3) is 5.91 Å². The van der Waals surface area contributed by atoms with Gasteiger partial charge in [0.2, 0.25) is 5.91 Å². The van der Waals surface area contributed by atoms with Crippen LogP contribution in [0, 0.1) is 5.92 Å². The fraction of sp³-hybridized carbons (Fsp3) is 0.160. The third-order valence-electron chi connectivity index (χ3n) is 5.21. The fourth-order valence-corrected chi connectivity index (χ4v) is 3.56. The van der Waals surface area contributed by atoms with Crippen molar-refractivity contribution in [3.8, 4) is 5.75 Å². The minimum atomic E-state index is -0.798. The van der Waals surface area contributed by atoms with E-state index in [1.807, 2.05) is 84.9 Å². The largest absolute Gasteiger partial charge is 0.489 e. The first-order valence-corrected chi connectivity index (χ1v) is 10.1. The summed E-state index contributed by atoms with van der Waals surface area (Å²) < 4.78 is 5.76. The summed E-state index contributed by atoms with van der Waals surface area (Å²) in [7, 11) is 0. The zero-order valence-corrected chi connectivity index (χ0v) is 16.9. The topological polar surface area (TPSA) is 79.8 Å². The maximum atomic E-state index is 12.6. The quantitative estimate of drug-likeness (QED) is 0.355. The Bertz CT molecular complexity index is 1050. The molecule has 3 aromatic rings. The summed E-state index contributed by atoms with van der Waals surface area (Å²) in [5, 5.41) is 6.80. The van der Waals surface area contributed by atoms with E-state index in [2.05, 4.69) is 15.8 Å². The third kappa shape index (κ3) is 5.17. The lowest BCUT2D eigenvalue weighted by Gasteiger charge is -2.15. The van der Waals surface area contributed by atoms with Gasteiger partial charge in [0, 0.05) is 12.5 Å². The Labute approximate surface area is 180 Å². The van der Waals surface area contributed by atoms with E-state index < -0.39 is 11.8 Å². The molecule has 2 unspecified atom stereocenters. The molecule has 4 rings (SSSR count). The number of hydrogen-bond donors (Lipinski definition) is 2. The highest BCUT2D eigenvalue weighted by atomic mass is 16.5. The molecule has 1 aliphatic heterocycles. The van der Waals surface area contributed by atoms with Gasteiger partial charge in [-0.2, -0.15) is 5.10 Å². The van der Waals surface area contributed by atoms with Gasteiger partial charge in [0.05, 0.1) is 6.21 Å². The predicted octanol–water partition coefficient (Wildman–Crippen LogP) is 3.25. The Morgan fingerprint density at radius 2 is 1.68 bits per heavy atom. The van der Waals surface area contributed by atoms with Crippen LogP contribution in [-0.2, 0) is 16.2 Å². The number of rotatable bonds is 7. The molecular weight excluding hydrogens is 390 g/mol. The van der Waals surface area contributed by atoms with Crippen molar-refractivity contribution in [2.75, 3.05) is 6.54 Å². The highest BCUT2D eigenvalue weighted by molar-refractivity contribution is 6.03. The van der Waals surface area contributed by atoms with Crippen LogP contribution in [0.5, 0.6) is 5.75 Å². The molecule has 1 fully saturated rings. The number of nitrogens with zero attached hydrogens (tertiary/aromatic N) is 1. The van der Waals surface area contributed by atoms with Gasteiger partial charge in [0.15, 0.2) is 0 Å². The number of benzene rings is 3. The fourth-order valence-electron chi connectivity index (χ4n) is 3.56. The van der Waals surface area contributed by atoms with Crippen molar-refractivity contribution >= 4 is 18.0 Å². The summed E-state index contributed by atoms with van der Waals surface area (Å²) in [6.45, 7) is 0.936. The minimum absolute atomic E-state index is 0.204. The van der Waals surface area contributed by atoms with E-state index in [4.69, 9.17) is 4.74 Å². The molecule has 6 nitrogen and oxygen atoms in total. The van der Waals surface area contributed by atoms with Crippen molar-refractivity contribution in [1.82, 2.24) is 10.7 Å². The molecule has 0 radical (unpaired) electrons. The maximum Gasteiger partial charge on any atom is 0.253 e. The normalized spacial score (nSPS) is 18.0. The van der Waals surface area contributed by atoms with Gasteiger partial charge >= 0.3 is 0 Å². The number of hydrogen-bond acceptors (Lipinski definition) is 4. The van der Waals surface area contributed by atoms with Gasteiger partial charge < -0.3 is 10.1 Å². The maximum absolute atomic E-state index is 12.6. The van der Waals surface area contributed by atoms with E-state index in [9.17, 15) is 9.59 Å².